The van der Waals surface area contributed by atoms with Crippen LogP contribution in [0.15, 0.2) is 0 Å². The lowest BCUT2D eigenvalue weighted by Crippen LogP contribution is -2.43. The molecule has 0 aromatic carbocycles. The number of aliphatic hydroxyl groups is 1. The molecule has 0 saturated carbocycles. The first-order chi connectivity index (χ1) is 7.04. The molecule has 1 heterocycles. The summed E-state index contributed by atoms with van der Waals surface area (Å²) in [4.78, 5) is 25.5. The predicted molar refractivity (Wildman–Crippen MR) is 47.1 cm³/mol. The number of carbonyl (C=O) groups excluding carboxylic acids is 1. The number of H-pyrrole nitrogens is 1. The summed E-state index contributed by atoms with van der Waals surface area (Å²) in [5.74, 6) is -1.79. The second-order valence-corrected chi connectivity index (χ2v) is 2.79. The Morgan fingerprint density at radius 2 is 2.27 bits per heavy atom. The molecule has 1 aromatic rings. The Kier molecular flexibility index (Phi) is 3.34. The van der Waals surface area contributed by atoms with Crippen molar-refractivity contribution in [3.8, 4) is 0 Å². The lowest BCUT2D eigenvalue weighted by atomic mass is 10.3. The highest BCUT2D eigenvalue weighted by Gasteiger charge is 2.21. The summed E-state index contributed by atoms with van der Waals surface area (Å²) in [6, 6.07) is -1.35. The molecule has 0 aliphatic heterocycles. The molecule has 15 heavy (non-hydrogen) atoms. The van der Waals surface area contributed by atoms with Gasteiger partial charge in [0.2, 0.25) is 5.82 Å². The van der Waals surface area contributed by atoms with Crippen molar-refractivity contribution < 1.29 is 19.8 Å². The van der Waals surface area contributed by atoms with Crippen LogP contribution < -0.4 is 5.32 Å². The topological polar surface area (TPSA) is 128 Å². The number of rotatable bonds is 4. The summed E-state index contributed by atoms with van der Waals surface area (Å²) in [6.07, 6.45) is 0. The smallest absolute Gasteiger partial charge is 0.328 e. The van der Waals surface area contributed by atoms with Gasteiger partial charge in [-0.2, -0.15) is 0 Å². The van der Waals surface area contributed by atoms with E-state index in [1.54, 1.807) is 6.92 Å². The molecule has 1 aromatic heterocycles. The van der Waals surface area contributed by atoms with Gasteiger partial charge in [-0.1, -0.05) is 0 Å². The lowest BCUT2D eigenvalue weighted by Gasteiger charge is -2.09. The van der Waals surface area contributed by atoms with Crippen LogP contribution in [0.2, 0.25) is 0 Å². The van der Waals surface area contributed by atoms with Gasteiger partial charge < -0.3 is 15.5 Å². The van der Waals surface area contributed by atoms with Crippen LogP contribution in [0, 0.1) is 6.92 Å². The summed E-state index contributed by atoms with van der Waals surface area (Å²) in [5, 5.41) is 25.2. The number of hydrogen-bond donors (Lipinski definition) is 4. The largest absolute Gasteiger partial charge is 0.480 e. The molecule has 0 fully saturated rings. The van der Waals surface area contributed by atoms with Crippen molar-refractivity contribution in [3.05, 3.63) is 11.6 Å². The molecule has 8 heteroatoms. The number of nitrogens with one attached hydrogen (secondary N) is 2. The zero-order chi connectivity index (χ0) is 11.4. The molecular formula is C7H10N4O4. The first-order valence-electron chi connectivity index (χ1n) is 4.08. The van der Waals surface area contributed by atoms with Crippen LogP contribution in [0.25, 0.3) is 0 Å². The molecule has 0 bridgehead atoms. The third-order valence-electron chi connectivity index (χ3n) is 1.59. The molecule has 82 valence electrons. The number of aromatic nitrogens is 3. The number of hydrogen-bond acceptors (Lipinski definition) is 5. The van der Waals surface area contributed by atoms with E-state index in [-0.39, 0.29) is 5.82 Å². The third-order valence-corrected chi connectivity index (χ3v) is 1.59. The monoisotopic (exact) mass is 214 g/mol. The molecule has 1 amide bonds. The van der Waals surface area contributed by atoms with E-state index in [0.29, 0.717) is 5.82 Å². The fourth-order valence-corrected chi connectivity index (χ4v) is 0.853. The summed E-state index contributed by atoms with van der Waals surface area (Å²) in [7, 11) is 0. The highest BCUT2D eigenvalue weighted by molar-refractivity contribution is 5.93. The van der Waals surface area contributed by atoms with Gasteiger partial charge in [0.25, 0.3) is 5.91 Å². The molecule has 4 N–H and O–H groups in total. The number of aliphatic carboxylic acids is 1. The van der Waals surface area contributed by atoms with E-state index < -0.39 is 24.5 Å². The predicted octanol–water partition coefficient (Wildman–Crippen LogP) is -1.71. The zero-order valence-electron chi connectivity index (χ0n) is 7.89. The van der Waals surface area contributed by atoms with E-state index in [0.717, 1.165) is 0 Å². The molecular weight excluding hydrogens is 204 g/mol. The first kappa shape index (κ1) is 11.1. The maximum absolute atomic E-state index is 11.3. The van der Waals surface area contributed by atoms with Crippen molar-refractivity contribution in [2.75, 3.05) is 6.61 Å². The van der Waals surface area contributed by atoms with Crippen LogP contribution in [0.5, 0.6) is 0 Å². The Labute approximate surface area is 84.3 Å². The summed E-state index contributed by atoms with van der Waals surface area (Å²) in [6.45, 7) is 0.912. The Balaban J connectivity index is 2.66. The quantitative estimate of drug-likeness (QED) is 0.472. The molecule has 0 saturated heterocycles. The molecule has 0 radical (unpaired) electrons. The van der Waals surface area contributed by atoms with Crippen molar-refractivity contribution in [1.29, 1.82) is 0 Å². The van der Waals surface area contributed by atoms with Crippen LogP contribution in [0.4, 0.5) is 0 Å². The van der Waals surface area contributed by atoms with Gasteiger partial charge in [-0.05, 0) is 6.92 Å². The maximum atomic E-state index is 11.3. The average molecular weight is 214 g/mol. The van der Waals surface area contributed by atoms with E-state index in [1.165, 1.54) is 0 Å². The SMILES string of the molecule is Cc1nc(C(=O)N[C@@H](CO)C(=O)O)n[nH]1. The Hall–Kier alpha value is -1.96. The number of aliphatic hydroxyl groups excluding tert-OH is 1. The van der Waals surface area contributed by atoms with Crippen molar-refractivity contribution in [2.45, 2.75) is 13.0 Å². The highest BCUT2D eigenvalue weighted by Crippen LogP contribution is 1.92. The van der Waals surface area contributed by atoms with E-state index in [9.17, 15) is 9.59 Å². The summed E-state index contributed by atoms with van der Waals surface area (Å²) in [5.41, 5.74) is 0. The van der Waals surface area contributed by atoms with Crippen molar-refractivity contribution in [3.63, 3.8) is 0 Å². The van der Waals surface area contributed by atoms with Crippen molar-refractivity contribution >= 4 is 11.9 Å². The van der Waals surface area contributed by atoms with E-state index in [2.05, 4.69) is 20.5 Å². The van der Waals surface area contributed by atoms with Gasteiger partial charge in [-0.3, -0.25) is 9.89 Å². The normalized spacial score (nSPS) is 12.1. The molecule has 1 rings (SSSR count). The van der Waals surface area contributed by atoms with Crippen LogP contribution in [0.1, 0.15) is 16.4 Å². The van der Waals surface area contributed by atoms with Crippen molar-refractivity contribution in [2.24, 2.45) is 0 Å². The minimum atomic E-state index is -1.35. The highest BCUT2D eigenvalue weighted by atomic mass is 16.4. The number of carboxylic acids is 1. The van der Waals surface area contributed by atoms with Crippen LogP contribution in [-0.2, 0) is 4.79 Å². The van der Waals surface area contributed by atoms with E-state index >= 15 is 0 Å². The van der Waals surface area contributed by atoms with Gasteiger partial charge in [0.1, 0.15) is 5.82 Å². The van der Waals surface area contributed by atoms with Crippen LogP contribution >= 0.6 is 0 Å². The molecule has 8 nitrogen and oxygen atoms in total. The molecule has 0 aliphatic rings. The first-order valence-corrected chi connectivity index (χ1v) is 4.08. The fourth-order valence-electron chi connectivity index (χ4n) is 0.853. The van der Waals surface area contributed by atoms with Gasteiger partial charge in [0.15, 0.2) is 6.04 Å². The average Bonchev–Trinajstić information content (AvgIpc) is 2.60. The Morgan fingerprint density at radius 3 is 2.67 bits per heavy atom. The lowest BCUT2D eigenvalue weighted by molar-refractivity contribution is -0.140. The number of carboxylic acid groups (broad SMARTS) is 1. The second-order valence-electron chi connectivity index (χ2n) is 2.79. The van der Waals surface area contributed by atoms with Gasteiger partial charge in [0.05, 0.1) is 6.61 Å². The van der Waals surface area contributed by atoms with Gasteiger partial charge >= 0.3 is 5.97 Å². The van der Waals surface area contributed by atoms with Gasteiger partial charge in [-0.25, -0.2) is 9.78 Å². The molecule has 1 atom stereocenters. The molecule has 0 unspecified atom stereocenters. The van der Waals surface area contributed by atoms with E-state index in [1.807, 2.05) is 0 Å². The fraction of sp³-hybridized carbons (Fsp3) is 0.429. The number of aryl methyl sites for hydroxylation is 1. The van der Waals surface area contributed by atoms with Gasteiger partial charge in [-0.15, -0.1) is 5.10 Å². The number of carbonyl (C=O) groups is 2. The Morgan fingerprint density at radius 1 is 1.60 bits per heavy atom. The van der Waals surface area contributed by atoms with Crippen LogP contribution in [0.3, 0.4) is 0 Å². The number of aromatic amines is 1. The second kappa shape index (κ2) is 4.51. The molecule has 0 spiro atoms. The number of amides is 1. The van der Waals surface area contributed by atoms with Crippen molar-refractivity contribution in [1.82, 2.24) is 20.5 Å². The molecule has 0 aliphatic carbocycles. The van der Waals surface area contributed by atoms with Gasteiger partial charge in [0, 0.05) is 0 Å². The third kappa shape index (κ3) is 2.74. The van der Waals surface area contributed by atoms with Crippen LogP contribution in [-0.4, -0.2) is 49.9 Å². The number of nitrogens with zero attached hydrogens (tertiary/aromatic N) is 2. The zero-order valence-corrected chi connectivity index (χ0v) is 7.89. The Bertz CT molecular complexity index is 375. The maximum Gasteiger partial charge on any atom is 0.328 e. The standard InChI is InChI=1S/C7H10N4O4/c1-3-8-5(11-10-3)6(13)9-4(2-12)7(14)15/h4,12H,2H2,1H3,(H,9,13)(H,14,15)(H,8,10,11)/t4-/m0/s1. The minimum absolute atomic E-state index is 0.160. The summed E-state index contributed by atoms with van der Waals surface area (Å²) < 4.78 is 0. The summed E-state index contributed by atoms with van der Waals surface area (Å²) >= 11 is 0. The minimum Gasteiger partial charge on any atom is -0.480 e. The van der Waals surface area contributed by atoms with E-state index in [4.69, 9.17) is 10.2 Å².